The molecule has 2 N–H and O–H groups in total. The van der Waals surface area contributed by atoms with Gasteiger partial charge in [-0.05, 0) is 36.1 Å². The van der Waals surface area contributed by atoms with Crippen LogP contribution in [0.4, 0.5) is 4.79 Å². The summed E-state index contributed by atoms with van der Waals surface area (Å²) in [6.45, 7) is 0.495. The highest BCUT2D eigenvalue weighted by molar-refractivity contribution is 7.98. The predicted molar refractivity (Wildman–Crippen MR) is 110 cm³/mol. The van der Waals surface area contributed by atoms with Crippen molar-refractivity contribution in [2.45, 2.75) is 24.9 Å². The van der Waals surface area contributed by atoms with Gasteiger partial charge in [-0.15, -0.1) is 0 Å². The van der Waals surface area contributed by atoms with Crippen LogP contribution in [-0.4, -0.2) is 58.6 Å². The molecule has 1 aromatic carbocycles. The Labute approximate surface area is 173 Å². The van der Waals surface area contributed by atoms with E-state index < -0.39 is 12.0 Å². The van der Waals surface area contributed by atoms with Crippen LogP contribution in [0.2, 0.25) is 5.02 Å². The summed E-state index contributed by atoms with van der Waals surface area (Å²) in [7, 11) is 1.33. The number of esters is 1. The zero-order chi connectivity index (χ0) is 20.1. The molecule has 0 fully saturated rings. The van der Waals surface area contributed by atoms with Gasteiger partial charge in [-0.1, -0.05) is 23.7 Å². The van der Waals surface area contributed by atoms with Crippen molar-refractivity contribution in [3.8, 4) is 0 Å². The van der Waals surface area contributed by atoms with Gasteiger partial charge in [-0.3, -0.25) is 0 Å². The number of benzene rings is 1. The molecule has 9 heteroatoms. The van der Waals surface area contributed by atoms with E-state index in [1.165, 1.54) is 7.11 Å². The average molecular weight is 423 g/mol. The van der Waals surface area contributed by atoms with E-state index in [9.17, 15) is 9.59 Å². The molecule has 2 heterocycles. The van der Waals surface area contributed by atoms with E-state index in [2.05, 4.69) is 15.3 Å². The largest absolute Gasteiger partial charge is 0.467 e. The monoisotopic (exact) mass is 422 g/mol. The Morgan fingerprint density at radius 2 is 2.32 bits per heavy atom. The molecule has 0 saturated carbocycles. The van der Waals surface area contributed by atoms with E-state index >= 15 is 0 Å². The quantitative estimate of drug-likeness (QED) is 0.699. The van der Waals surface area contributed by atoms with Gasteiger partial charge >= 0.3 is 12.0 Å². The van der Waals surface area contributed by atoms with Gasteiger partial charge in [0.05, 0.1) is 19.1 Å². The predicted octanol–water partition coefficient (Wildman–Crippen LogP) is 3.01. The summed E-state index contributed by atoms with van der Waals surface area (Å²) in [4.78, 5) is 34.5. The van der Waals surface area contributed by atoms with Crippen molar-refractivity contribution in [1.29, 1.82) is 0 Å². The fourth-order valence-corrected chi connectivity index (χ4v) is 4.04. The number of imidazole rings is 1. The molecule has 0 aliphatic carbocycles. The minimum atomic E-state index is -0.689. The highest BCUT2D eigenvalue weighted by Crippen LogP contribution is 2.34. The number of nitrogens with one attached hydrogen (secondary N) is 2. The number of thioether (sulfide) groups is 1. The lowest BCUT2D eigenvalue weighted by Crippen LogP contribution is -2.51. The Balaban J connectivity index is 1.88. The highest BCUT2D eigenvalue weighted by atomic mass is 35.5. The SMILES string of the molecule is COC(=O)[C@@H](CCSC)NC(=O)N1CCc2[nH]cnc2[C@@H]1c1cccc(Cl)c1. The fourth-order valence-electron chi connectivity index (χ4n) is 3.37. The van der Waals surface area contributed by atoms with Crippen LogP contribution < -0.4 is 5.32 Å². The van der Waals surface area contributed by atoms with Crippen molar-refractivity contribution in [2.75, 3.05) is 25.7 Å². The number of amides is 2. The summed E-state index contributed by atoms with van der Waals surface area (Å²) in [6, 6.07) is 6.01. The van der Waals surface area contributed by atoms with Crippen molar-refractivity contribution in [2.24, 2.45) is 0 Å². The summed E-state index contributed by atoms with van der Waals surface area (Å²) in [5.41, 5.74) is 2.66. The number of nitrogens with zero attached hydrogens (tertiary/aromatic N) is 2. The molecule has 0 spiro atoms. The fraction of sp³-hybridized carbons (Fsp3) is 0.421. The first-order chi connectivity index (χ1) is 13.5. The molecule has 2 atom stereocenters. The highest BCUT2D eigenvalue weighted by Gasteiger charge is 2.35. The molecule has 0 radical (unpaired) electrons. The third-order valence-electron chi connectivity index (χ3n) is 4.74. The lowest BCUT2D eigenvalue weighted by Gasteiger charge is -2.36. The van der Waals surface area contributed by atoms with Crippen molar-refractivity contribution in [3.05, 3.63) is 52.6 Å². The van der Waals surface area contributed by atoms with E-state index in [0.29, 0.717) is 24.4 Å². The molecule has 1 aromatic heterocycles. The standard InChI is InChI=1S/C19H23ClN4O3S/c1-27-18(25)15(7-9-28-2)23-19(26)24-8-6-14-16(22-11-21-14)17(24)12-4-3-5-13(20)10-12/h3-5,10-11,15,17H,6-9H2,1-2H3,(H,21,22)(H,23,26)/t15-,17+/m1/s1. The zero-order valence-corrected chi connectivity index (χ0v) is 17.3. The van der Waals surface area contributed by atoms with Crippen LogP contribution in [0.3, 0.4) is 0 Å². The van der Waals surface area contributed by atoms with Crippen molar-refractivity contribution in [3.63, 3.8) is 0 Å². The number of hydrogen-bond donors (Lipinski definition) is 2. The molecular weight excluding hydrogens is 400 g/mol. The van der Waals surface area contributed by atoms with Gasteiger partial charge in [0.2, 0.25) is 0 Å². The van der Waals surface area contributed by atoms with Crippen LogP contribution in [0.5, 0.6) is 0 Å². The molecule has 0 saturated heterocycles. The summed E-state index contributed by atoms with van der Waals surface area (Å²) in [5, 5.41) is 3.43. The van der Waals surface area contributed by atoms with Crippen LogP contribution in [0.1, 0.15) is 29.4 Å². The minimum Gasteiger partial charge on any atom is -0.467 e. The number of carbonyl (C=O) groups excluding carboxylic acids is 2. The number of fused-ring (bicyclic) bond motifs is 1. The number of H-pyrrole nitrogens is 1. The number of ether oxygens (including phenoxy) is 1. The number of aromatic nitrogens is 2. The van der Waals surface area contributed by atoms with E-state index in [4.69, 9.17) is 16.3 Å². The second-order valence-corrected chi connectivity index (χ2v) is 7.90. The maximum absolute atomic E-state index is 13.1. The van der Waals surface area contributed by atoms with Gasteiger partial charge in [0.25, 0.3) is 0 Å². The first-order valence-electron chi connectivity index (χ1n) is 8.96. The molecule has 0 unspecified atom stereocenters. The van der Waals surface area contributed by atoms with Gasteiger partial charge in [0.15, 0.2) is 0 Å². The lowest BCUT2D eigenvalue weighted by molar-refractivity contribution is -0.142. The third kappa shape index (κ3) is 4.44. The summed E-state index contributed by atoms with van der Waals surface area (Å²) >= 11 is 7.79. The molecule has 2 amide bonds. The van der Waals surface area contributed by atoms with E-state index in [1.54, 1.807) is 29.1 Å². The third-order valence-corrected chi connectivity index (χ3v) is 5.62. The van der Waals surface area contributed by atoms with Crippen LogP contribution in [-0.2, 0) is 16.0 Å². The maximum Gasteiger partial charge on any atom is 0.328 e. The van der Waals surface area contributed by atoms with Gasteiger partial charge in [0.1, 0.15) is 12.1 Å². The Morgan fingerprint density at radius 1 is 1.50 bits per heavy atom. The van der Waals surface area contributed by atoms with Crippen molar-refractivity contribution in [1.82, 2.24) is 20.2 Å². The van der Waals surface area contributed by atoms with E-state index in [-0.39, 0.29) is 12.1 Å². The Kier molecular flexibility index (Phi) is 6.85. The van der Waals surface area contributed by atoms with Crippen LogP contribution in [0.15, 0.2) is 30.6 Å². The molecule has 1 aliphatic rings. The summed E-state index contributed by atoms with van der Waals surface area (Å²) < 4.78 is 4.85. The average Bonchev–Trinajstić information content (AvgIpc) is 3.18. The van der Waals surface area contributed by atoms with Gasteiger partial charge in [-0.25, -0.2) is 14.6 Å². The van der Waals surface area contributed by atoms with E-state index in [0.717, 1.165) is 22.7 Å². The molecule has 7 nitrogen and oxygen atoms in total. The minimum absolute atomic E-state index is 0.324. The van der Waals surface area contributed by atoms with Gasteiger partial charge in [-0.2, -0.15) is 11.8 Å². The second kappa shape index (κ2) is 9.34. The summed E-state index contributed by atoms with van der Waals surface area (Å²) in [6.07, 6.45) is 4.75. The Bertz CT molecular complexity index is 844. The number of hydrogen-bond acceptors (Lipinski definition) is 5. The van der Waals surface area contributed by atoms with Crippen LogP contribution >= 0.6 is 23.4 Å². The van der Waals surface area contributed by atoms with E-state index in [1.807, 2.05) is 24.5 Å². The molecule has 28 heavy (non-hydrogen) atoms. The molecule has 0 bridgehead atoms. The Morgan fingerprint density at radius 3 is 3.04 bits per heavy atom. The van der Waals surface area contributed by atoms with Gasteiger partial charge in [0, 0.05) is 23.7 Å². The molecule has 2 aromatic rings. The zero-order valence-electron chi connectivity index (χ0n) is 15.8. The maximum atomic E-state index is 13.1. The number of halogens is 1. The smallest absolute Gasteiger partial charge is 0.328 e. The van der Waals surface area contributed by atoms with Gasteiger partial charge < -0.3 is 19.9 Å². The second-order valence-electron chi connectivity index (χ2n) is 6.47. The number of carbonyl (C=O) groups is 2. The van der Waals surface area contributed by atoms with Crippen LogP contribution in [0.25, 0.3) is 0 Å². The first kappa shape index (κ1) is 20.5. The summed E-state index contributed by atoms with van der Waals surface area (Å²) in [5.74, 6) is 0.292. The Hall–Kier alpha value is -2.19. The molecule has 1 aliphatic heterocycles. The lowest BCUT2D eigenvalue weighted by atomic mass is 9.96. The normalized spacial score (nSPS) is 17.0. The number of methoxy groups -OCH3 is 1. The number of urea groups is 1. The topological polar surface area (TPSA) is 87.3 Å². The van der Waals surface area contributed by atoms with Crippen LogP contribution in [0, 0.1) is 0 Å². The number of aromatic amines is 1. The van der Waals surface area contributed by atoms with Crippen molar-refractivity contribution >= 4 is 35.4 Å². The molecule has 150 valence electrons. The number of rotatable bonds is 6. The molecule has 3 rings (SSSR count). The first-order valence-corrected chi connectivity index (χ1v) is 10.7. The van der Waals surface area contributed by atoms with Crippen molar-refractivity contribution < 1.29 is 14.3 Å². The molecular formula is C19H23ClN4O3S.